The second-order valence-electron chi connectivity index (χ2n) is 12.2. The molecular formula is C30H41F2N5O5S2. The van der Waals surface area contributed by atoms with Gasteiger partial charge in [0.2, 0.25) is 26.0 Å². The molecule has 1 amide bonds. The van der Waals surface area contributed by atoms with Crippen LogP contribution in [0.25, 0.3) is 0 Å². The summed E-state index contributed by atoms with van der Waals surface area (Å²) < 4.78 is 81.8. The lowest BCUT2D eigenvalue weighted by Gasteiger charge is -2.38. The SMILES string of the molecule is CS(=O)(=O)N1CCC(C(c2ccc(F)cc2)C(N)C(=O)Nc2cccc(F)c2CCC2CNC3CCCS(=O)(=O)N2C3)CC1. The maximum Gasteiger partial charge on any atom is 0.241 e. The second kappa shape index (κ2) is 13.5. The monoisotopic (exact) mass is 653 g/mol. The molecule has 3 aliphatic heterocycles. The molecule has 2 aromatic carbocycles. The molecule has 2 bridgehead atoms. The van der Waals surface area contributed by atoms with Crippen molar-refractivity contribution < 1.29 is 30.4 Å². The molecule has 3 fully saturated rings. The molecule has 3 heterocycles. The van der Waals surface area contributed by atoms with Crippen LogP contribution >= 0.6 is 0 Å². The third-order valence-electron chi connectivity index (χ3n) is 9.29. The van der Waals surface area contributed by atoms with E-state index in [-0.39, 0.29) is 54.5 Å². The van der Waals surface area contributed by atoms with Crippen LogP contribution in [-0.2, 0) is 31.3 Å². The number of piperidine rings is 1. The average Bonchev–Trinajstić information content (AvgIpc) is 3.09. The predicted molar refractivity (Wildman–Crippen MR) is 165 cm³/mol. The zero-order valence-corrected chi connectivity index (χ0v) is 26.4. The molecule has 0 aliphatic carbocycles. The highest BCUT2D eigenvalue weighted by Gasteiger charge is 2.39. The van der Waals surface area contributed by atoms with Crippen LogP contribution in [0.4, 0.5) is 14.5 Å². The number of carbonyl (C=O) groups is 1. The number of hydrogen-bond donors (Lipinski definition) is 3. The Balaban J connectivity index is 1.33. The lowest BCUT2D eigenvalue weighted by Crippen LogP contribution is -2.57. The fourth-order valence-electron chi connectivity index (χ4n) is 6.89. The molecule has 44 heavy (non-hydrogen) atoms. The molecule has 5 rings (SSSR count). The quantitative estimate of drug-likeness (QED) is 0.378. The van der Waals surface area contributed by atoms with E-state index in [9.17, 15) is 26.0 Å². The summed E-state index contributed by atoms with van der Waals surface area (Å²) in [6.45, 7) is 1.44. The van der Waals surface area contributed by atoms with Gasteiger partial charge in [-0.2, -0.15) is 4.31 Å². The van der Waals surface area contributed by atoms with Gasteiger partial charge < -0.3 is 16.4 Å². The zero-order valence-electron chi connectivity index (χ0n) is 24.8. The number of carbonyl (C=O) groups excluding carboxylic acids is 1. The number of anilines is 1. The Hall–Kier alpha value is -2.49. The summed E-state index contributed by atoms with van der Waals surface area (Å²) in [5, 5.41) is 6.23. The van der Waals surface area contributed by atoms with E-state index in [1.807, 2.05) is 0 Å². The van der Waals surface area contributed by atoms with Gasteiger partial charge in [-0.05, 0) is 74.3 Å². The fourth-order valence-corrected chi connectivity index (χ4v) is 9.57. The standard InChI is InChI=1S/C30H41F2N5O5S2/c1-43(39,40)36-15-13-21(14-16-36)28(20-7-9-22(31)10-8-20)29(33)30(38)35-27-6-2-5-26(32)25(27)12-11-24-18-34-23-4-3-17-44(41,42)37(24)19-23/h2,5-10,21,23-24,28-29,34H,3-4,11-19,33H2,1H3,(H,35,38). The largest absolute Gasteiger partial charge is 0.324 e. The van der Waals surface area contributed by atoms with Crippen LogP contribution in [0.1, 0.15) is 49.1 Å². The molecule has 242 valence electrons. The Morgan fingerprint density at radius 3 is 2.50 bits per heavy atom. The molecular weight excluding hydrogens is 612 g/mol. The molecule has 2 aromatic rings. The Labute approximate surface area is 258 Å². The fraction of sp³-hybridized carbons (Fsp3) is 0.567. The van der Waals surface area contributed by atoms with Gasteiger partial charge in [-0.3, -0.25) is 4.79 Å². The minimum Gasteiger partial charge on any atom is -0.324 e. The van der Waals surface area contributed by atoms with Crippen LogP contribution in [0.15, 0.2) is 42.5 Å². The van der Waals surface area contributed by atoms with Crippen molar-refractivity contribution in [1.82, 2.24) is 13.9 Å². The number of nitrogens with one attached hydrogen (secondary N) is 2. The number of nitrogens with zero attached hydrogens (tertiary/aromatic N) is 2. The number of piperazine rings is 1. The summed E-state index contributed by atoms with van der Waals surface area (Å²) in [7, 11) is -6.76. The normalized spacial score (nSPS) is 26.0. The summed E-state index contributed by atoms with van der Waals surface area (Å²) >= 11 is 0. The third kappa shape index (κ3) is 7.48. The lowest BCUT2D eigenvalue weighted by molar-refractivity contribution is -0.118. The number of halogens is 2. The van der Waals surface area contributed by atoms with E-state index in [4.69, 9.17) is 5.73 Å². The van der Waals surface area contributed by atoms with Crippen molar-refractivity contribution in [1.29, 1.82) is 0 Å². The number of fused-ring (bicyclic) bond motifs is 2. The van der Waals surface area contributed by atoms with Crippen molar-refractivity contribution in [3.63, 3.8) is 0 Å². The van der Waals surface area contributed by atoms with Crippen LogP contribution in [0.2, 0.25) is 0 Å². The highest BCUT2D eigenvalue weighted by atomic mass is 32.2. The van der Waals surface area contributed by atoms with Crippen molar-refractivity contribution in [2.24, 2.45) is 11.7 Å². The highest BCUT2D eigenvalue weighted by Crippen LogP contribution is 2.36. The van der Waals surface area contributed by atoms with Crippen LogP contribution in [0.5, 0.6) is 0 Å². The molecule has 0 radical (unpaired) electrons. The molecule has 4 N–H and O–H groups in total. The number of rotatable bonds is 9. The average molecular weight is 654 g/mol. The van der Waals surface area contributed by atoms with Crippen molar-refractivity contribution in [3.05, 3.63) is 65.2 Å². The van der Waals surface area contributed by atoms with E-state index in [1.165, 1.54) is 28.6 Å². The Kier molecular flexibility index (Phi) is 10.1. The van der Waals surface area contributed by atoms with Gasteiger partial charge in [-0.1, -0.05) is 18.2 Å². The summed E-state index contributed by atoms with van der Waals surface area (Å²) in [6, 6.07) is 8.86. The highest BCUT2D eigenvalue weighted by molar-refractivity contribution is 7.89. The van der Waals surface area contributed by atoms with E-state index >= 15 is 4.39 Å². The smallest absolute Gasteiger partial charge is 0.241 e. The van der Waals surface area contributed by atoms with E-state index in [2.05, 4.69) is 10.6 Å². The molecule has 14 heteroatoms. The van der Waals surface area contributed by atoms with Gasteiger partial charge in [-0.25, -0.2) is 29.9 Å². The number of sulfonamides is 2. The van der Waals surface area contributed by atoms with E-state index in [1.54, 1.807) is 22.5 Å². The molecule has 10 nitrogen and oxygen atoms in total. The summed E-state index contributed by atoms with van der Waals surface area (Å²) in [6.07, 6.45) is 4.06. The van der Waals surface area contributed by atoms with Crippen LogP contribution in [0.3, 0.4) is 0 Å². The molecule has 3 saturated heterocycles. The third-order valence-corrected chi connectivity index (χ3v) is 12.6. The molecule has 5 atom stereocenters. The summed E-state index contributed by atoms with van der Waals surface area (Å²) in [5.74, 6) is -2.08. The number of nitrogens with two attached hydrogens (primary N) is 1. The Bertz CT molecular complexity index is 1550. The second-order valence-corrected chi connectivity index (χ2v) is 16.2. The van der Waals surface area contributed by atoms with Crippen molar-refractivity contribution in [3.8, 4) is 0 Å². The van der Waals surface area contributed by atoms with Gasteiger partial charge in [0.05, 0.1) is 18.1 Å². The van der Waals surface area contributed by atoms with Crippen LogP contribution < -0.4 is 16.4 Å². The van der Waals surface area contributed by atoms with Crippen LogP contribution in [-0.4, -0.2) is 87.7 Å². The van der Waals surface area contributed by atoms with Crippen molar-refractivity contribution in [2.45, 2.75) is 62.6 Å². The van der Waals surface area contributed by atoms with Gasteiger partial charge in [0.1, 0.15) is 11.6 Å². The summed E-state index contributed by atoms with van der Waals surface area (Å²) in [4.78, 5) is 13.7. The van der Waals surface area contributed by atoms with Gasteiger partial charge in [-0.15, -0.1) is 0 Å². The Morgan fingerprint density at radius 2 is 1.82 bits per heavy atom. The topological polar surface area (TPSA) is 142 Å². The molecule has 0 saturated carbocycles. The van der Waals surface area contributed by atoms with Crippen molar-refractivity contribution in [2.75, 3.05) is 43.5 Å². The minimum atomic E-state index is -3.40. The predicted octanol–water partition coefficient (Wildman–Crippen LogP) is 2.38. The number of hydrogen-bond acceptors (Lipinski definition) is 7. The number of benzene rings is 2. The van der Waals surface area contributed by atoms with Gasteiger partial charge in [0.15, 0.2) is 0 Å². The summed E-state index contributed by atoms with van der Waals surface area (Å²) in [5.41, 5.74) is 7.78. The van der Waals surface area contributed by atoms with Gasteiger partial charge in [0, 0.05) is 55.4 Å². The van der Waals surface area contributed by atoms with Gasteiger partial charge >= 0.3 is 0 Å². The molecule has 0 aromatic heterocycles. The Morgan fingerprint density at radius 1 is 1.11 bits per heavy atom. The first-order chi connectivity index (χ1) is 20.8. The number of amides is 1. The van der Waals surface area contributed by atoms with E-state index in [0.29, 0.717) is 44.3 Å². The lowest BCUT2D eigenvalue weighted by atomic mass is 9.76. The first-order valence-corrected chi connectivity index (χ1v) is 18.6. The maximum atomic E-state index is 15.2. The minimum absolute atomic E-state index is 0.100. The maximum absolute atomic E-state index is 15.2. The van der Waals surface area contributed by atoms with Crippen molar-refractivity contribution >= 4 is 31.6 Å². The molecule has 3 aliphatic rings. The zero-order chi connectivity index (χ0) is 31.6. The first kappa shape index (κ1) is 32.9. The molecule has 0 spiro atoms. The van der Waals surface area contributed by atoms with E-state index < -0.39 is 49.5 Å². The van der Waals surface area contributed by atoms with E-state index in [0.717, 1.165) is 12.7 Å². The van der Waals surface area contributed by atoms with Gasteiger partial charge in [0.25, 0.3) is 0 Å². The first-order valence-electron chi connectivity index (χ1n) is 15.1. The van der Waals surface area contributed by atoms with Crippen LogP contribution in [0, 0.1) is 17.6 Å². The molecule has 5 unspecified atom stereocenters.